The first-order valence-corrected chi connectivity index (χ1v) is 10.5. The Morgan fingerprint density at radius 1 is 1.21 bits per heavy atom. The first kappa shape index (κ1) is 22.7. The third-order valence-electron chi connectivity index (χ3n) is 4.44. The monoisotopic (exact) mass is 511 g/mol. The fourth-order valence-corrected chi connectivity index (χ4v) is 3.92. The maximum atomic E-state index is 4.69. The van der Waals surface area contributed by atoms with Crippen molar-refractivity contribution < 1.29 is 0 Å². The Bertz CT molecular complexity index is 899. The molecule has 0 aliphatic rings. The number of nitrogens with zero attached hydrogens (tertiary/aromatic N) is 2. The third kappa shape index (κ3) is 6.48. The second-order valence-electron chi connectivity index (χ2n) is 6.79. The first-order valence-electron chi connectivity index (χ1n) is 9.65. The Hall–Kier alpha value is -1.61. The Morgan fingerprint density at radius 3 is 2.82 bits per heavy atom. The average molecular weight is 511 g/mol. The average Bonchev–Trinajstić information content (AvgIpc) is 3.24. The predicted molar refractivity (Wildman–Crippen MR) is 131 cm³/mol. The lowest BCUT2D eigenvalue weighted by Crippen LogP contribution is -2.38. The number of guanidine groups is 1. The Balaban J connectivity index is 0.00000280. The molecule has 1 aromatic carbocycles. The van der Waals surface area contributed by atoms with Crippen molar-refractivity contribution in [2.45, 2.75) is 40.0 Å². The standard InChI is InChI=1S/C21H29N5S.HI/c1-4-22-21(23-10-5-6-20-26-16(3)14-27-20)24-11-9-17-13-25-19-12-15(2)7-8-18(17)19;/h7-8,12-14,25H,4-6,9-11H2,1-3H3,(H2,22,23,24);1H. The number of rotatable bonds is 8. The van der Waals surface area contributed by atoms with Gasteiger partial charge in [-0.2, -0.15) is 0 Å². The van der Waals surface area contributed by atoms with E-state index in [1.165, 1.54) is 27.0 Å². The Kier molecular flexibility index (Phi) is 9.24. The predicted octanol–water partition coefficient (Wildman–Crippen LogP) is 4.59. The molecule has 0 bridgehead atoms. The maximum absolute atomic E-state index is 4.69. The van der Waals surface area contributed by atoms with E-state index in [0.717, 1.165) is 50.6 Å². The summed E-state index contributed by atoms with van der Waals surface area (Å²) in [5.41, 5.74) is 4.94. The topological polar surface area (TPSA) is 65.1 Å². The summed E-state index contributed by atoms with van der Waals surface area (Å²) in [5.74, 6) is 0.892. The van der Waals surface area contributed by atoms with E-state index in [0.29, 0.717) is 0 Å². The molecular weight excluding hydrogens is 481 g/mol. The van der Waals surface area contributed by atoms with E-state index >= 15 is 0 Å². The van der Waals surface area contributed by atoms with Gasteiger partial charge in [-0.3, -0.25) is 4.99 Å². The minimum Gasteiger partial charge on any atom is -0.361 e. The largest absolute Gasteiger partial charge is 0.361 e. The number of hydrogen-bond acceptors (Lipinski definition) is 3. The van der Waals surface area contributed by atoms with Crippen LogP contribution in [0.2, 0.25) is 0 Å². The molecule has 0 aliphatic heterocycles. The zero-order chi connectivity index (χ0) is 19.1. The minimum atomic E-state index is 0. The van der Waals surface area contributed by atoms with Gasteiger partial charge in [0.05, 0.1) is 5.01 Å². The number of thiazole rings is 1. The zero-order valence-electron chi connectivity index (χ0n) is 16.8. The molecule has 0 aliphatic carbocycles. The number of halogens is 1. The fraction of sp³-hybridized carbons (Fsp3) is 0.429. The highest BCUT2D eigenvalue weighted by atomic mass is 127. The normalized spacial score (nSPS) is 11.5. The molecule has 2 heterocycles. The van der Waals surface area contributed by atoms with Gasteiger partial charge in [-0.15, -0.1) is 35.3 Å². The lowest BCUT2D eigenvalue weighted by Gasteiger charge is -2.11. The van der Waals surface area contributed by atoms with Crippen LogP contribution in [0.15, 0.2) is 34.8 Å². The van der Waals surface area contributed by atoms with Crippen LogP contribution in [0, 0.1) is 13.8 Å². The van der Waals surface area contributed by atoms with Crippen molar-refractivity contribution in [3.8, 4) is 0 Å². The summed E-state index contributed by atoms with van der Waals surface area (Å²) in [4.78, 5) is 12.6. The first-order chi connectivity index (χ1) is 13.2. The van der Waals surface area contributed by atoms with Crippen molar-refractivity contribution in [1.82, 2.24) is 20.6 Å². The van der Waals surface area contributed by atoms with Crippen molar-refractivity contribution in [3.63, 3.8) is 0 Å². The highest BCUT2D eigenvalue weighted by Gasteiger charge is 2.04. The molecule has 3 N–H and O–H groups in total. The number of nitrogens with one attached hydrogen (secondary N) is 3. The van der Waals surface area contributed by atoms with E-state index < -0.39 is 0 Å². The van der Waals surface area contributed by atoms with Gasteiger partial charge in [-0.1, -0.05) is 12.1 Å². The van der Waals surface area contributed by atoms with E-state index in [1.807, 2.05) is 6.92 Å². The zero-order valence-corrected chi connectivity index (χ0v) is 20.0. The van der Waals surface area contributed by atoms with Gasteiger partial charge in [0, 0.05) is 54.2 Å². The Labute approximate surface area is 188 Å². The smallest absolute Gasteiger partial charge is 0.191 e. The SMILES string of the molecule is CCNC(=NCCCc1nc(C)cs1)NCCc1c[nH]c2cc(C)ccc12.I. The lowest BCUT2D eigenvalue weighted by molar-refractivity contribution is 0.775. The lowest BCUT2D eigenvalue weighted by atomic mass is 10.1. The summed E-state index contributed by atoms with van der Waals surface area (Å²) in [6.45, 7) is 8.79. The number of fused-ring (bicyclic) bond motifs is 1. The number of hydrogen-bond donors (Lipinski definition) is 3. The molecule has 0 atom stereocenters. The molecule has 0 spiro atoms. The molecule has 0 saturated heterocycles. The fourth-order valence-electron chi connectivity index (χ4n) is 3.10. The number of aliphatic imine (C=N–C) groups is 1. The van der Waals surface area contributed by atoms with Crippen molar-refractivity contribution in [2.75, 3.05) is 19.6 Å². The molecular formula is C21H30IN5S. The van der Waals surface area contributed by atoms with Gasteiger partial charge in [0.1, 0.15) is 0 Å². The molecule has 7 heteroatoms. The maximum Gasteiger partial charge on any atom is 0.191 e. The summed E-state index contributed by atoms with van der Waals surface area (Å²) in [6.07, 6.45) is 5.10. The van der Waals surface area contributed by atoms with Gasteiger partial charge in [0.25, 0.3) is 0 Å². The molecule has 0 unspecified atom stereocenters. The number of aromatic amines is 1. The van der Waals surface area contributed by atoms with Crippen LogP contribution in [0.3, 0.4) is 0 Å². The number of aryl methyl sites for hydroxylation is 3. The Morgan fingerprint density at radius 2 is 2.07 bits per heavy atom. The molecule has 0 saturated carbocycles. The third-order valence-corrected chi connectivity index (χ3v) is 5.47. The van der Waals surface area contributed by atoms with E-state index in [-0.39, 0.29) is 24.0 Å². The molecule has 2 aromatic heterocycles. The highest BCUT2D eigenvalue weighted by Crippen LogP contribution is 2.19. The van der Waals surface area contributed by atoms with E-state index in [9.17, 15) is 0 Å². The van der Waals surface area contributed by atoms with Crippen LogP contribution >= 0.6 is 35.3 Å². The van der Waals surface area contributed by atoms with E-state index in [1.54, 1.807) is 11.3 Å². The van der Waals surface area contributed by atoms with Crippen molar-refractivity contribution in [1.29, 1.82) is 0 Å². The second-order valence-corrected chi connectivity index (χ2v) is 7.73. The summed E-state index contributed by atoms with van der Waals surface area (Å²) in [7, 11) is 0. The van der Waals surface area contributed by atoms with Crippen molar-refractivity contribution >= 4 is 52.2 Å². The van der Waals surface area contributed by atoms with Gasteiger partial charge >= 0.3 is 0 Å². The summed E-state index contributed by atoms with van der Waals surface area (Å²) in [6, 6.07) is 6.57. The van der Waals surface area contributed by atoms with Crippen LogP contribution in [0.4, 0.5) is 0 Å². The molecule has 5 nitrogen and oxygen atoms in total. The van der Waals surface area contributed by atoms with Crippen LogP contribution in [0.1, 0.15) is 35.2 Å². The van der Waals surface area contributed by atoms with Crippen molar-refractivity contribution in [2.24, 2.45) is 4.99 Å². The van der Waals surface area contributed by atoms with Crippen LogP contribution < -0.4 is 10.6 Å². The van der Waals surface area contributed by atoms with Gasteiger partial charge in [0.15, 0.2) is 5.96 Å². The highest BCUT2D eigenvalue weighted by molar-refractivity contribution is 14.0. The van der Waals surface area contributed by atoms with Crippen LogP contribution in [0.5, 0.6) is 0 Å². The molecule has 3 rings (SSSR count). The quantitative estimate of drug-likeness (QED) is 0.180. The molecule has 0 fully saturated rings. The van der Waals surface area contributed by atoms with Crippen LogP contribution in [0.25, 0.3) is 10.9 Å². The summed E-state index contributed by atoms with van der Waals surface area (Å²) < 4.78 is 0. The molecule has 0 radical (unpaired) electrons. The van der Waals surface area contributed by atoms with E-state index in [2.05, 4.69) is 64.2 Å². The van der Waals surface area contributed by atoms with Gasteiger partial charge in [-0.25, -0.2) is 4.98 Å². The summed E-state index contributed by atoms with van der Waals surface area (Å²) >= 11 is 1.74. The van der Waals surface area contributed by atoms with Crippen molar-refractivity contribution in [3.05, 3.63) is 51.6 Å². The van der Waals surface area contributed by atoms with Crippen LogP contribution in [-0.2, 0) is 12.8 Å². The summed E-state index contributed by atoms with van der Waals surface area (Å²) in [5, 5.41) is 11.4. The molecule has 3 aromatic rings. The number of aromatic nitrogens is 2. The van der Waals surface area contributed by atoms with Crippen LogP contribution in [-0.4, -0.2) is 35.6 Å². The van der Waals surface area contributed by atoms with E-state index in [4.69, 9.17) is 4.99 Å². The molecule has 0 amide bonds. The number of H-pyrrole nitrogens is 1. The van der Waals surface area contributed by atoms with Gasteiger partial charge in [0.2, 0.25) is 0 Å². The minimum absolute atomic E-state index is 0. The second kappa shape index (κ2) is 11.4. The number of benzene rings is 1. The molecule has 152 valence electrons. The van der Waals surface area contributed by atoms with Gasteiger partial charge < -0.3 is 15.6 Å². The molecule has 28 heavy (non-hydrogen) atoms. The van der Waals surface area contributed by atoms with Gasteiger partial charge in [-0.05, 0) is 50.8 Å².